The predicted molar refractivity (Wildman–Crippen MR) is 89.2 cm³/mol. The Labute approximate surface area is 139 Å². The van der Waals surface area contributed by atoms with E-state index in [0.29, 0.717) is 24.7 Å². The minimum absolute atomic E-state index is 0. The van der Waals surface area contributed by atoms with Crippen LogP contribution in [0.3, 0.4) is 0 Å². The molecule has 0 radical (unpaired) electrons. The minimum Gasteiger partial charge on any atom is -0.339 e. The fourth-order valence-electron chi connectivity index (χ4n) is 1.98. The second kappa shape index (κ2) is 7.49. The molecule has 2 N–H and O–H groups in total. The van der Waals surface area contributed by atoms with Crippen LogP contribution in [0, 0.1) is 0 Å². The zero-order valence-electron chi connectivity index (χ0n) is 12.2. The van der Waals surface area contributed by atoms with Crippen LogP contribution in [0.5, 0.6) is 0 Å². The second-order valence-corrected chi connectivity index (χ2v) is 5.62. The van der Waals surface area contributed by atoms with E-state index in [1.165, 1.54) is 0 Å². The van der Waals surface area contributed by atoms with Gasteiger partial charge in [0.2, 0.25) is 11.7 Å². The van der Waals surface area contributed by atoms with Crippen molar-refractivity contribution in [3.05, 3.63) is 51.8 Å². The van der Waals surface area contributed by atoms with Crippen molar-refractivity contribution in [3.63, 3.8) is 0 Å². The van der Waals surface area contributed by atoms with Crippen LogP contribution in [-0.2, 0) is 19.4 Å². The van der Waals surface area contributed by atoms with Gasteiger partial charge < -0.3 is 10.3 Å². The standard InChI is InChI=1S/C15H16N4OS.ClH/c1-2-14-17-12(9-21-14)7-13-18-15(19-20-13)11-5-3-10(8-16)4-6-11;/h3-6,9H,2,7-8,16H2,1H3;1H. The lowest BCUT2D eigenvalue weighted by molar-refractivity contribution is 0.385. The molecule has 0 atom stereocenters. The number of aryl methyl sites for hydroxylation is 1. The number of hydrogen-bond donors (Lipinski definition) is 1. The molecular weight excluding hydrogens is 320 g/mol. The number of nitrogens with zero attached hydrogens (tertiary/aromatic N) is 3. The van der Waals surface area contributed by atoms with E-state index < -0.39 is 0 Å². The third-order valence-corrected chi connectivity index (χ3v) is 4.19. The van der Waals surface area contributed by atoms with Gasteiger partial charge in [-0.2, -0.15) is 4.98 Å². The Bertz CT molecular complexity index is 723. The number of thiazole rings is 1. The molecule has 0 saturated carbocycles. The van der Waals surface area contributed by atoms with E-state index in [1.807, 2.05) is 29.6 Å². The molecule has 7 heteroatoms. The van der Waals surface area contributed by atoms with Gasteiger partial charge in [-0.25, -0.2) is 4.98 Å². The summed E-state index contributed by atoms with van der Waals surface area (Å²) in [5.41, 5.74) is 8.57. The van der Waals surface area contributed by atoms with Crippen molar-refractivity contribution >= 4 is 23.7 Å². The van der Waals surface area contributed by atoms with Crippen molar-refractivity contribution in [3.8, 4) is 11.4 Å². The number of halogens is 1. The third-order valence-electron chi connectivity index (χ3n) is 3.15. The highest BCUT2D eigenvalue weighted by Gasteiger charge is 2.11. The van der Waals surface area contributed by atoms with Gasteiger partial charge in [-0.15, -0.1) is 23.7 Å². The molecule has 0 unspecified atom stereocenters. The Balaban J connectivity index is 0.00000176. The Morgan fingerprint density at radius 3 is 2.59 bits per heavy atom. The summed E-state index contributed by atoms with van der Waals surface area (Å²) < 4.78 is 5.30. The van der Waals surface area contributed by atoms with Crippen LogP contribution < -0.4 is 5.73 Å². The molecule has 0 fully saturated rings. The number of hydrogen-bond acceptors (Lipinski definition) is 6. The van der Waals surface area contributed by atoms with Crippen molar-refractivity contribution in [1.29, 1.82) is 0 Å². The molecule has 1 aromatic carbocycles. The van der Waals surface area contributed by atoms with Gasteiger partial charge in [0.15, 0.2) is 0 Å². The molecule has 3 aromatic rings. The lowest BCUT2D eigenvalue weighted by Crippen LogP contribution is -1.95. The third kappa shape index (κ3) is 3.71. The SMILES string of the molecule is CCc1nc(Cc2nc(-c3ccc(CN)cc3)no2)cs1.Cl. The van der Waals surface area contributed by atoms with E-state index in [0.717, 1.165) is 28.2 Å². The lowest BCUT2D eigenvalue weighted by atomic mass is 10.1. The van der Waals surface area contributed by atoms with Gasteiger partial charge in [-0.05, 0) is 12.0 Å². The zero-order valence-corrected chi connectivity index (χ0v) is 13.8. The maximum Gasteiger partial charge on any atom is 0.233 e. The largest absolute Gasteiger partial charge is 0.339 e. The number of benzene rings is 1. The molecule has 0 aliphatic carbocycles. The molecule has 3 rings (SSSR count). The maximum atomic E-state index is 5.59. The number of aromatic nitrogens is 3. The van der Waals surface area contributed by atoms with Crippen LogP contribution in [0.25, 0.3) is 11.4 Å². The molecule has 0 saturated heterocycles. The smallest absolute Gasteiger partial charge is 0.233 e. The van der Waals surface area contributed by atoms with Crippen LogP contribution >= 0.6 is 23.7 Å². The summed E-state index contributed by atoms with van der Waals surface area (Å²) in [4.78, 5) is 8.93. The van der Waals surface area contributed by atoms with Gasteiger partial charge in [0.25, 0.3) is 0 Å². The summed E-state index contributed by atoms with van der Waals surface area (Å²) in [6.45, 7) is 2.62. The van der Waals surface area contributed by atoms with E-state index in [1.54, 1.807) is 11.3 Å². The molecule has 0 amide bonds. The van der Waals surface area contributed by atoms with Crippen LogP contribution in [-0.4, -0.2) is 15.1 Å². The fraction of sp³-hybridized carbons (Fsp3) is 0.267. The van der Waals surface area contributed by atoms with E-state index in [9.17, 15) is 0 Å². The molecule has 2 heterocycles. The van der Waals surface area contributed by atoms with Crippen LogP contribution in [0.4, 0.5) is 0 Å². The first-order valence-electron chi connectivity index (χ1n) is 6.83. The monoisotopic (exact) mass is 336 g/mol. The Morgan fingerprint density at radius 1 is 1.18 bits per heavy atom. The topological polar surface area (TPSA) is 77.8 Å². The molecule has 0 bridgehead atoms. The Hall–Kier alpha value is -1.76. The summed E-state index contributed by atoms with van der Waals surface area (Å²) >= 11 is 1.66. The van der Waals surface area contributed by atoms with Gasteiger partial charge in [0, 0.05) is 17.5 Å². The molecular formula is C15H17ClN4OS. The number of nitrogens with two attached hydrogens (primary N) is 1. The summed E-state index contributed by atoms with van der Waals surface area (Å²) in [7, 11) is 0. The predicted octanol–water partition coefficient (Wildman–Crippen LogP) is 3.23. The number of rotatable bonds is 5. The molecule has 0 spiro atoms. The summed E-state index contributed by atoms with van der Waals surface area (Å²) in [5.74, 6) is 1.18. The van der Waals surface area contributed by atoms with Gasteiger partial charge in [-0.1, -0.05) is 36.3 Å². The first-order chi connectivity index (χ1) is 10.3. The van der Waals surface area contributed by atoms with Crippen LogP contribution in [0.2, 0.25) is 0 Å². The highest BCUT2D eigenvalue weighted by Crippen LogP contribution is 2.18. The van der Waals surface area contributed by atoms with Crippen molar-refractivity contribution in [2.24, 2.45) is 5.73 Å². The summed E-state index contributed by atoms with van der Waals surface area (Å²) in [6, 6.07) is 7.85. The molecule has 116 valence electrons. The van der Waals surface area contributed by atoms with Crippen molar-refractivity contribution < 1.29 is 4.52 Å². The van der Waals surface area contributed by atoms with Crippen LogP contribution in [0.15, 0.2) is 34.2 Å². The van der Waals surface area contributed by atoms with E-state index in [2.05, 4.69) is 22.0 Å². The van der Waals surface area contributed by atoms with Gasteiger partial charge >= 0.3 is 0 Å². The Kier molecular flexibility index (Phi) is 5.65. The molecule has 0 aliphatic heterocycles. The van der Waals surface area contributed by atoms with E-state index in [4.69, 9.17) is 10.3 Å². The highest BCUT2D eigenvalue weighted by atomic mass is 35.5. The van der Waals surface area contributed by atoms with Crippen LogP contribution in [0.1, 0.15) is 29.1 Å². The molecule has 22 heavy (non-hydrogen) atoms. The van der Waals surface area contributed by atoms with Crippen molar-refractivity contribution in [2.45, 2.75) is 26.3 Å². The average molecular weight is 337 g/mol. The summed E-state index contributed by atoms with van der Waals surface area (Å²) in [6.07, 6.45) is 1.53. The van der Waals surface area contributed by atoms with Gasteiger partial charge in [0.05, 0.1) is 17.1 Å². The van der Waals surface area contributed by atoms with Gasteiger partial charge in [-0.3, -0.25) is 0 Å². The van der Waals surface area contributed by atoms with E-state index >= 15 is 0 Å². The zero-order chi connectivity index (χ0) is 14.7. The normalized spacial score (nSPS) is 10.5. The first-order valence-corrected chi connectivity index (χ1v) is 7.71. The first kappa shape index (κ1) is 16.6. The second-order valence-electron chi connectivity index (χ2n) is 4.68. The average Bonchev–Trinajstić information content (AvgIpc) is 3.17. The molecule has 5 nitrogen and oxygen atoms in total. The summed E-state index contributed by atoms with van der Waals surface area (Å²) in [5, 5.41) is 7.19. The van der Waals surface area contributed by atoms with Crippen molar-refractivity contribution in [1.82, 2.24) is 15.1 Å². The quantitative estimate of drug-likeness (QED) is 0.774. The minimum atomic E-state index is 0. The highest BCUT2D eigenvalue weighted by molar-refractivity contribution is 7.09. The van der Waals surface area contributed by atoms with Crippen molar-refractivity contribution in [2.75, 3.05) is 0 Å². The Morgan fingerprint density at radius 2 is 1.95 bits per heavy atom. The maximum absolute atomic E-state index is 5.59. The van der Waals surface area contributed by atoms with E-state index in [-0.39, 0.29) is 12.4 Å². The molecule has 0 aliphatic rings. The lowest BCUT2D eigenvalue weighted by Gasteiger charge is -1.97. The fourth-order valence-corrected chi connectivity index (χ4v) is 2.73. The van der Waals surface area contributed by atoms with Gasteiger partial charge in [0.1, 0.15) is 0 Å². The molecule has 2 aromatic heterocycles.